The second-order valence-corrected chi connectivity index (χ2v) is 8.93. The molecule has 0 saturated heterocycles. The molecule has 43 heavy (non-hydrogen) atoms. The first-order valence-corrected chi connectivity index (χ1v) is 12.3. The lowest BCUT2D eigenvalue weighted by atomic mass is 10.1. The van der Waals surface area contributed by atoms with Gasteiger partial charge in [0.1, 0.15) is 34.3 Å². The van der Waals surface area contributed by atoms with Gasteiger partial charge in [0.2, 0.25) is 0 Å². The standard InChI is InChI=1S/C27H22F5N7O4/c28-14-1-4-17(5-2-14)39-26(42)18(7-10-36-39)25(41)38-15-3-6-20(19(29)11-15)43-21-8-9-35-23(33)22(21)24(34)37-16(13-40)12-27(30,31)32/h1-11,16,40H,12-13H2,(H2,33,35)(H2,34,37)(H,38,41). The Morgan fingerprint density at radius 2 is 1.79 bits per heavy atom. The van der Waals surface area contributed by atoms with Crippen LogP contribution < -0.4 is 26.7 Å². The van der Waals surface area contributed by atoms with Crippen LogP contribution in [0.3, 0.4) is 0 Å². The summed E-state index contributed by atoms with van der Waals surface area (Å²) in [6.07, 6.45) is -3.71. The predicted molar refractivity (Wildman–Crippen MR) is 144 cm³/mol. The van der Waals surface area contributed by atoms with Crippen molar-refractivity contribution in [3.63, 3.8) is 0 Å². The average molecular weight is 604 g/mol. The number of halogens is 5. The van der Waals surface area contributed by atoms with Gasteiger partial charge in [-0.15, -0.1) is 0 Å². The van der Waals surface area contributed by atoms with E-state index in [1.807, 2.05) is 0 Å². The zero-order valence-electron chi connectivity index (χ0n) is 21.8. The van der Waals surface area contributed by atoms with E-state index in [4.69, 9.17) is 15.9 Å². The molecule has 4 rings (SSSR count). The normalized spacial score (nSPS) is 12.0. The number of aromatic nitrogens is 3. The van der Waals surface area contributed by atoms with Crippen molar-refractivity contribution >= 4 is 23.2 Å². The number of alkyl halides is 3. The number of nitrogens with two attached hydrogens (primary N) is 1. The van der Waals surface area contributed by atoms with E-state index in [9.17, 15) is 32.3 Å². The monoisotopic (exact) mass is 603 g/mol. The zero-order chi connectivity index (χ0) is 31.3. The summed E-state index contributed by atoms with van der Waals surface area (Å²) in [5.41, 5.74) is 4.52. The molecule has 2 aromatic carbocycles. The third kappa shape index (κ3) is 7.48. The Morgan fingerprint density at radius 1 is 1.07 bits per heavy atom. The summed E-state index contributed by atoms with van der Waals surface area (Å²) in [6.45, 7) is -0.945. The number of carbonyl (C=O) groups is 1. The van der Waals surface area contributed by atoms with Crippen LogP contribution in [0.4, 0.5) is 33.5 Å². The number of aliphatic hydroxyl groups excluding tert-OH is 1. The van der Waals surface area contributed by atoms with Gasteiger partial charge < -0.3 is 26.2 Å². The predicted octanol–water partition coefficient (Wildman–Crippen LogP) is 3.76. The van der Waals surface area contributed by atoms with Gasteiger partial charge in [-0.2, -0.15) is 23.0 Å². The molecule has 1 atom stereocenters. The Bertz CT molecular complexity index is 1710. The van der Waals surface area contributed by atoms with Crippen LogP contribution in [0.5, 0.6) is 11.5 Å². The van der Waals surface area contributed by atoms with Gasteiger partial charge in [-0.3, -0.25) is 15.0 Å². The fourth-order valence-corrected chi connectivity index (χ4v) is 3.84. The minimum Gasteiger partial charge on any atom is -0.453 e. The molecular weight excluding hydrogens is 581 g/mol. The van der Waals surface area contributed by atoms with Crippen LogP contribution in [0.15, 0.2) is 71.8 Å². The number of hydrogen-bond donors (Lipinski definition) is 5. The average Bonchev–Trinajstić information content (AvgIpc) is 2.94. The number of nitrogens with zero attached hydrogens (tertiary/aromatic N) is 3. The molecular formula is C27H22F5N7O4. The van der Waals surface area contributed by atoms with Crippen molar-refractivity contribution in [1.29, 1.82) is 5.41 Å². The molecule has 1 amide bonds. The molecule has 16 heteroatoms. The molecule has 0 radical (unpaired) electrons. The van der Waals surface area contributed by atoms with Gasteiger partial charge in [0, 0.05) is 30.2 Å². The summed E-state index contributed by atoms with van der Waals surface area (Å²) < 4.78 is 73.0. The van der Waals surface area contributed by atoms with Crippen molar-refractivity contribution in [3.05, 3.63) is 100 Å². The van der Waals surface area contributed by atoms with E-state index in [0.717, 1.165) is 35.0 Å². The minimum absolute atomic E-state index is 0.0683. The highest BCUT2D eigenvalue weighted by Gasteiger charge is 2.32. The number of pyridine rings is 1. The highest BCUT2D eigenvalue weighted by molar-refractivity contribution is 6.04. The third-order valence-electron chi connectivity index (χ3n) is 5.81. The second kappa shape index (κ2) is 12.6. The van der Waals surface area contributed by atoms with E-state index < -0.39 is 59.9 Å². The fourth-order valence-electron chi connectivity index (χ4n) is 3.84. The maximum atomic E-state index is 15.0. The molecule has 6 N–H and O–H groups in total. The number of amidine groups is 1. The van der Waals surface area contributed by atoms with Gasteiger partial charge >= 0.3 is 6.18 Å². The number of amides is 1. The molecule has 0 aliphatic carbocycles. The molecule has 2 aromatic heterocycles. The van der Waals surface area contributed by atoms with Crippen LogP contribution in [0.1, 0.15) is 22.3 Å². The smallest absolute Gasteiger partial charge is 0.391 e. The Balaban J connectivity index is 1.52. The highest BCUT2D eigenvalue weighted by atomic mass is 19.4. The van der Waals surface area contributed by atoms with Crippen molar-refractivity contribution in [2.75, 3.05) is 17.7 Å². The summed E-state index contributed by atoms with van der Waals surface area (Å²) in [7, 11) is 0. The first kappa shape index (κ1) is 30.6. The molecule has 11 nitrogen and oxygen atoms in total. The number of nitrogens with one attached hydrogen (secondary N) is 3. The zero-order valence-corrected chi connectivity index (χ0v) is 21.8. The molecule has 0 bridgehead atoms. The van der Waals surface area contributed by atoms with Gasteiger partial charge in [-0.1, -0.05) is 0 Å². The van der Waals surface area contributed by atoms with E-state index in [2.05, 4.69) is 20.7 Å². The first-order chi connectivity index (χ1) is 20.4. The van der Waals surface area contributed by atoms with Crippen molar-refractivity contribution in [3.8, 4) is 17.2 Å². The fraction of sp³-hybridized carbons (Fsp3) is 0.148. The van der Waals surface area contributed by atoms with E-state index >= 15 is 4.39 Å². The van der Waals surface area contributed by atoms with E-state index in [-0.39, 0.29) is 34.1 Å². The van der Waals surface area contributed by atoms with E-state index in [1.165, 1.54) is 36.7 Å². The second-order valence-electron chi connectivity index (χ2n) is 8.93. The van der Waals surface area contributed by atoms with Crippen LogP contribution >= 0.6 is 0 Å². The van der Waals surface area contributed by atoms with E-state index in [1.54, 1.807) is 0 Å². The summed E-state index contributed by atoms with van der Waals surface area (Å²) in [4.78, 5) is 29.4. The summed E-state index contributed by atoms with van der Waals surface area (Å²) in [6, 6.07) is 8.85. The largest absolute Gasteiger partial charge is 0.453 e. The Labute approximate surface area is 239 Å². The Kier molecular flexibility index (Phi) is 8.99. The molecule has 4 aromatic rings. The van der Waals surface area contributed by atoms with Gasteiger partial charge in [0.25, 0.3) is 11.5 Å². The van der Waals surface area contributed by atoms with Crippen molar-refractivity contribution in [2.24, 2.45) is 0 Å². The molecule has 0 spiro atoms. The van der Waals surface area contributed by atoms with Crippen molar-refractivity contribution < 1.29 is 36.6 Å². The van der Waals surface area contributed by atoms with Gasteiger partial charge in [-0.25, -0.2) is 13.8 Å². The molecule has 0 aliphatic heterocycles. The van der Waals surface area contributed by atoms with Crippen molar-refractivity contribution in [2.45, 2.75) is 18.6 Å². The number of carbonyl (C=O) groups excluding carboxylic acids is 1. The highest BCUT2D eigenvalue weighted by Crippen LogP contribution is 2.31. The number of rotatable bonds is 9. The molecule has 224 valence electrons. The van der Waals surface area contributed by atoms with Gasteiger partial charge in [-0.05, 0) is 42.5 Å². The lowest BCUT2D eigenvalue weighted by Crippen LogP contribution is -2.41. The van der Waals surface area contributed by atoms with Crippen LogP contribution in [0, 0.1) is 17.0 Å². The first-order valence-electron chi connectivity index (χ1n) is 12.3. The van der Waals surface area contributed by atoms with Crippen LogP contribution in [-0.4, -0.2) is 50.4 Å². The molecule has 2 heterocycles. The summed E-state index contributed by atoms with van der Waals surface area (Å²) in [5, 5.41) is 26.0. The third-order valence-corrected chi connectivity index (χ3v) is 5.81. The maximum absolute atomic E-state index is 15.0. The molecule has 0 saturated carbocycles. The Morgan fingerprint density at radius 3 is 2.44 bits per heavy atom. The molecule has 0 aliphatic rings. The number of hydrogen-bond acceptors (Lipinski definition) is 8. The SMILES string of the molecule is N=C(NC(CO)CC(F)(F)F)c1c(Oc2ccc(NC(=O)c3ccnn(-c4ccc(F)cc4)c3=O)cc2F)ccnc1N. The topological polar surface area (TPSA) is 168 Å². The number of benzene rings is 2. The van der Waals surface area contributed by atoms with Crippen LogP contribution in [-0.2, 0) is 0 Å². The maximum Gasteiger partial charge on any atom is 0.391 e. The number of nitrogen functional groups attached to an aromatic ring is 1. The van der Waals surface area contributed by atoms with Crippen molar-refractivity contribution in [1.82, 2.24) is 20.1 Å². The van der Waals surface area contributed by atoms with Crippen LogP contribution in [0.2, 0.25) is 0 Å². The molecule has 1 unspecified atom stereocenters. The summed E-state index contributed by atoms with van der Waals surface area (Å²) in [5.74, 6) is -4.03. The van der Waals surface area contributed by atoms with Gasteiger partial charge in [0.15, 0.2) is 11.6 Å². The summed E-state index contributed by atoms with van der Waals surface area (Å²) >= 11 is 0. The quantitative estimate of drug-likeness (QED) is 0.110. The number of aliphatic hydroxyl groups is 1. The molecule has 0 fully saturated rings. The lowest BCUT2D eigenvalue weighted by molar-refractivity contribution is -0.141. The van der Waals surface area contributed by atoms with E-state index in [0.29, 0.717) is 0 Å². The van der Waals surface area contributed by atoms with Gasteiger partial charge in [0.05, 0.1) is 24.8 Å². The van der Waals surface area contributed by atoms with Crippen LogP contribution in [0.25, 0.3) is 5.69 Å². The number of ether oxygens (including phenoxy) is 1. The minimum atomic E-state index is -4.63. The number of anilines is 2. The Hall–Kier alpha value is -5.38. The lowest BCUT2D eigenvalue weighted by Gasteiger charge is -2.21.